The first-order valence-electron chi connectivity index (χ1n) is 7.11. The van der Waals surface area contributed by atoms with Crippen LogP contribution in [0.5, 0.6) is 5.75 Å². The number of aryl methyl sites for hydroxylation is 1. The molecule has 4 heteroatoms. The zero-order valence-corrected chi connectivity index (χ0v) is 11.9. The summed E-state index contributed by atoms with van der Waals surface area (Å²) in [7, 11) is 0. The molecule has 1 aromatic carbocycles. The van der Waals surface area contributed by atoms with Gasteiger partial charge in [-0.15, -0.1) is 0 Å². The number of amides is 1. The van der Waals surface area contributed by atoms with E-state index in [1.54, 1.807) is 12.1 Å². The molecule has 1 atom stereocenters. The number of hydrogen-bond donors (Lipinski definition) is 2. The van der Waals surface area contributed by atoms with E-state index in [2.05, 4.69) is 5.32 Å². The van der Waals surface area contributed by atoms with Crippen molar-refractivity contribution in [3.05, 3.63) is 29.8 Å². The predicted molar refractivity (Wildman–Crippen MR) is 78.2 cm³/mol. The van der Waals surface area contributed by atoms with Gasteiger partial charge >= 0.3 is 0 Å². The number of carbonyl (C=O) groups excluding carboxylic acids is 2. The van der Waals surface area contributed by atoms with Crippen LogP contribution in [0.3, 0.4) is 0 Å². The zero-order chi connectivity index (χ0) is 14.8. The minimum atomic E-state index is -0.515. The third-order valence-electron chi connectivity index (χ3n) is 3.14. The van der Waals surface area contributed by atoms with Crippen molar-refractivity contribution in [3.63, 3.8) is 0 Å². The van der Waals surface area contributed by atoms with Gasteiger partial charge in [0.25, 0.3) is 0 Å². The minimum absolute atomic E-state index is 0.0958. The Balaban J connectivity index is 2.26. The summed E-state index contributed by atoms with van der Waals surface area (Å²) in [5.41, 5.74) is 0.911. The van der Waals surface area contributed by atoms with Crippen LogP contribution < -0.4 is 5.32 Å². The van der Waals surface area contributed by atoms with Crippen LogP contribution in [0.25, 0.3) is 0 Å². The largest absolute Gasteiger partial charge is 0.508 e. The molecule has 1 amide bonds. The van der Waals surface area contributed by atoms with Gasteiger partial charge in [-0.3, -0.25) is 9.59 Å². The lowest BCUT2D eigenvalue weighted by Gasteiger charge is -2.11. The maximum Gasteiger partial charge on any atom is 0.222 e. The second kappa shape index (κ2) is 9.13. The van der Waals surface area contributed by atoms with E-state index in [9.17, 15) is 14.7 Å². The lowest BCUT2D eigenvalue weighted by Crippen LogP contribution is -2.35. The summed E-state index contributed by atoms with van der Waals surface area (Å²) in [6, 6.07) is 6.73. The summed E-state index contributed by atoms with van der Waals surface area (Å²) >= 11 is 0. The van der Waals surface area contributed by atoms with Crippen LogP contribution in [-0.4, -0.2) is 23.3 Å². The molecule has 0 heterocycles. The van der Waals surface area contributed by atoms with Crippen molar-refractivity contribution in [1.29, 1.82) is 0 Å². The van der Waals surface area contributed by atoms with Crippen LogP contribution in [0.1, 0.15) is 44.6 Å². The molecular formula is C16H22NO3. The molecule has 0 fully saturated rings. The molecule has 0 aliphatic rings. The molecule has 1 unspecified atom stereocenters. The van der Waals surface area contributed by atoms with Gasteiger partial charge in [0.2, 0.25) is 12.2 Å². The number of aromatic hydroxyl groups is 1. The highest BCUT2D eigenvalue weighted by atomic mass is 16.3. The molecule has 1 aromatic rings. The van der Waals surface area contributed by atoms with E-state index >= 15 is 0 Å². The number of carbonyl (C=O) groups is 1. The maximum absolute atomic E-state index is 11.4. The molecule has 2 N–H and O–H groups in total. The van der Waals surface area contributed by atoms with Crippen molar-refractivity contribution in [1.82, 2.24) is 5.32 Å². The minimum Gasteiger partial charge on any atom is -0.508 e. The third-order valence-corrected chi connectivity index (χ3v) is 3.14. The van der Waals surface area contributed by atoms with Crippen molar-refractivity contribution < 1.29 is 14.7 Å². The van der Waals surface area contributed by atoms with Crippen molar-refractivity contribution in [2.45, 2.75) is 51.5 Å². The first-order valence-corrected chi connectivity index (χ1v) is 7.11. The van der Waals surface area contributed by atoms with E-state index in [1.807, 2.05) is 25.3 Å². The molecule has 0 bridgehead atoms. The van der Waals surface area contributed by atoms with Gasteiger partial charge in [-0.25, -0.2) is 0 Å². The fourth-order valence-electron chi connectivity index (χ4n) is 2.04. The van der Waals surface area contributed by atoms with Crippen LogP contribution in [0, 0.1) is 0 Å². The van der Waals surface area contributed by atoms with E-state index in [4.69, 9.17) is 0 Å². The molecule has 0 aliphatic heterocycles. The molecule has 0 aromatic heterocycles. The number of rotatable bonds is 9. The quantitative estimate of drug-likeness (QED) is 0.681. The fraction of sp³-hybridized carbons (Fsp3) is 0.500. The average molecular weight is 276 g/mol. The first kappa shape index (κ1) is 16.2. The van der Waals surface area contributed by atoms with Crippen molar-refractivity contribution in [2.24, 2.45) is 0 Å². The molecule has 4 nitrogen and oxygen atoms in total. The Kier molecular flexibility index (Phi) is 7.40. The van der Waals surface area contributed by atoms with Crippen LogP contribution in [0.4, 0.5) is 0 Å². The smallest absolute Gasteiger partial charge is 0.222 e. The average Bonchev–Trinajstić information content (AvgIpc) is 2.44. The van der Waals surface area contributed by atoms with E-state index in [0.717, 1.165) is 31.2 Å². The predicted octanol–water partition coefficient (Wildman–Crippen LogP) is 2.50. The van der Waals surface area contributed by atoms with E-state index in [-0.39, 0.29) is 5.91 Å². The van der Waals surface area contributed by atoms with Crippen LogP contribution in [0.15, 0.2) is 24.3 Å². The summed E-state index contributed by atoms with van der Waals surface area (Å²) < 4.78 is 0. The Bertz CT molecular complexity index is 431. The highest BCUT2D eigenvalue weighted by Gasteiger charge is 2.11. The molecule has 0 spiro atoms. The van der Waals surface area contributed by atoms with Gasteiger partial charge in [0.05, 0.1) is 6.04 Å². The molecule has 0 aliphatic carbocycles. The Morgan fingerprint density at radius 2 is 2.10 bits per heavy atom. The molecule has 1 radical (unpaired) electrons. The lowest BCUT2D eigenvalue weighted by molar-refractivity contribution is -0.121. The number of para-hydroxylation sites is 1. The number of nitrogens with one attached hydrogen (secondary N) is 1. The molecule has 109 valence electrons. The summed E-state index contributed by atoms with van der Waals surface area (Å²) in [5, 5.41) is 12.3. The first-order chi connectivity index (χ1) is 9.67. The highest BCUT2D eigenvalue weighted by molar-refractivity contribution is 5.79. The standard InChI is InChI=1S/C16H22NO3/c1-2-7-16(20)17-14(12-18)10-5-3-8-13-9-4-6-11-15(13)19/h4,6,9,11,14,19H,2-3,5,7-8,10H2,1H3,(H,17,20). The van der Waals surface area contributed by atoms with Gasteiger partial charge < -0.3 is 10.4 Å². The Morgan fingerprint density at radius 3 is 2.75 bits per heavy atom. The van der Waals surface area contributed by atoms with E-state index in [1.165, 1.54) is 0 Å². The second-order valence-electron chi connectivity index (χ2n) is 4.86. The summed E-state index contributed by atoms with van der Waals surface area (Å²) in [4.78, 5) is 22.2. The van der Waals surface area contributed by atoms with Gasteiger partial charge in [0, 0.05) is 6.42 Å². The molecule has 0 saturated carbocycles. The number of phenolic OH excluding ortho intramolecular Hbond substituents is 1. The van der Waals surface area contributed by atoms with Gasteiger partial charge in [-0.1, -0.05) is 31.5 Å². The van der Waals surface area contributed by atoms with Crippen molar-refractivity contribution >= 4 is 12.2 Å². The fourth-order valence-corrected chi connectivity index (χ4v) is 2.04. The lowest BCUT2D eigenvalue weighted by atomic mass is 10.0. The number of unbranched alkanes of at least 4 members (excludes halogenated alkanes) is 1. The molecule has 20 heavy (non-hydrogen) atoms. The SMILES string of the molecule is CCCC(=O)NC([C]=O)CCCCc1ccccc1O. The summed E-state index contributed by atoms with van der Waals surface area (Å²) in [6.45, 7) is 1.92. The van der Waals surface area contributed by atoms with Gasteiger partial charge in [0.15, 0.2) is 0 Å². The number of benzene rings is 1. The third kappa shape index (κ3) is 5.87. The maximum atomic E-state index is 11.4. The Morgan fingerprint density at radius 1 is 1.35 bits per heavy atom. The summed E-state index contributed by atoms with van der Waals surface area (Å²) in [6.07, 6.45) is 6.10. The Hall–Kier alpha value is -1.84. The van der Waals surface area contributed by atoms with E-state index < -0.39 is 6.04 Å². The molecule has 1 rings (SSSR count). The Labute approximate surface area is 120 Å². The molecular weight excluding hydrogens is 254 g/mol. The van der Waals surface area contributed by atoms with Crippen molar-refractivity contribution in [3.8, 4) is 5.75 Å². The zero-order valence-electron chi connectivity index (χ0n) is 11.9. The summed E-state index contributed by atoms with van der Waals surface area (Å²) in [5.74, 6) is 0.212. The van der Waals surface area contributed by atoms with Gasteiger partial charge in [0.1, 0.15) is 5.75 Å². The van der Waals surface area contributed by atoms with Crippen LogP contribution in [-0.2, 0) is 16.0 Å². The van der Waals surface area contributed by atoms with Crippen LogP contribution in [0.2, 0.25) is 0 Å². The normalized spacial score (nSPS) is 11.8. The van der Waals surface area contributed by atoms with Crippen molar-refractivity contribution in [2.75, 3.05) is 0 Å². The monoisotopic (exact) mass is 276 g/mol. The topological polar surface area (TPSA) is 66.4 Å². The van der Waals surface area contributed by atoms with E-state index in [0.29, 0.717) is 18.6 Å². The second-order valence-corrected chi connectivity index (χ2v) is 4.86. The number of hydrogen-bond acceptors (Lipinski definition) is 3. The van der Waals surface area contributed by atoms with Gasteiger partial charge in [-0.05, 0) is 37.3 Å². The van der Waals surface area contributed by atoms with Gasteiger partial charge in [-0.2, -0.15) is 0 Å². The number of phenols is 1. The molecule has 0 saturated heterocycles. The highest BCUT2D eigenvalue weighted by Crippen LogP contribution is 2.18. The van der Waals surface area contributed by atoms with Crippen LogP contribution >= 0.6 is 0 Å².